The quantitative estimate of drug-likeness (QED) is 0.607. The fourth-order valence-corrected chi connectivity index (χ4v) is 4.12. The zero-order valence-electron chi connectivity index (χ0n) is 16.3. The van der Waals surface area contributed by atoms with Crippen LogP contribution in [0.15, 0.2) is 29.2 Å². The van der Waals surface area contributed by atoms with Gasteiger partial charge in [-0.25, -0.2) is 27.5 Å². The zero-order valence-corrected chi connectivity index (χ0v) is 17.1. The molecule has 0 spiro atoms. The highest BCUT2D eigenvalue weighted by Gasteiger charge is 2.20. The van der Waals surface area contributed by atoms with Crippen molar-refractivity contribution in [3.8, 4) is 5.75 Å². The lowest BCUT2D eigenvalue weighted by atomic mass is 10.3. The number of hydrogen-bond donors (Lipinski definition) is 2. The zero-order chi connectivity index (χ0) is 20.9. The number of methoxy groups -OCH3 is 1. The fourth-order valence-electron chi connectivity index (χ4n) is 2.91. The van der Waals surface area contributed by atoms with Crippen molar-refractivity contribution in [3.05, 3.63) is 35.9 Å². The molecule has 11 heteroatoms. The number of aromatic nitrogens is 2. The Bertz CT molecular complexity index is 951. The Morgan fingerprint density at radius 3 is 2.69 bits per heavy atom. The number of rotatable bonds is 8. The van der Waals surface area contributed by atoms with Crippen molar-refractivity contribution in [2.45, 2.75) is 11.8 Å². The molecule has 0 saturated carbocycles. The van der Waals surface area contributed by atoms with Crippen molar-refractivity contribution in [1.29, 1.82) is 0 Å². The van der Waals surface area contributed by atoms with Gasteiger partial charge in [0.1, 0.15) is 33.9 Å². The molecular formula is C18H24FN5O4S. The molecule has 1 saturated heterocycles. The molecule has 0 atom stereocenters. The Hall–Kier alpha value is -2.50. The minimum absolute atomic E-state index is 0.0773. The summed E-state index contributed by atoms with van der Waals surface area (Å²) in [5.41, 5.74) is 0. The highest BCUT2D eigenvalue weighted by molar-refractivity contribution is 7.89. The van der Waals surface area contributed by atoms with Gasteiger partial charge in [0.15, 0.2) is 0 Å². The topological polar surface area (TPSA) is 106 Å². The summed E-state index contributed by atoms with van der Waals surface area (Å²) in [4.78, 5) is 10.7. The third-order valence-corrected chi connectivity index (χ3v) is 5.78. The van der Waals surface area contributed by atoms with Crippen LogP contribution in [-0.4, -0.2) is 64.9 Å². The average Bonchev–Trinajstić information content (AvgIpc) is 2.71. The van der Waals surface area contributed by atoms with Gasteiger partial charge in [-0.1, -0.05) is 0 Å². The van der Waals surface area contributed by atoms with E-state index >= 15 is 0 Å². The molecule has 0 unspecified atom stereocenters. The Morgan fingerprint density at radius 2 is 1.97 bits per heavy atom. The molecule has 1 fully saturated rings. The standard InChI is InChI=1S/C18H24FN5O4S/c1-13-22-17(12-18(23-13)24-7-9-28-10-8-24)20-5-6-21-29(25,26)16-11-14(19)3-4-15(16)27-2/h3-4,11-12,21H,5-10H2,1-2H3,(H,20,22,23). The first kappa shape index (κ1) is 21.2. The van der Waals surface area contributed by atoms with E-state index < -0.39 is 15.8 Å². The first-order chi connectivity index (χ1) is 13.9. The Balaban J connectivity index is 1.60. The Labute approximate surface area is 169 Å². The van der Waals surface area contributed by atoms with E-state index in [0.717, 1.165) is 31.0 Å². The molecule has 1 aliphatic heterocycles. The van der Waals surface area contributed by atoms with E-state index in [1.54, 1.807) is 6.92 Å². The maximum atomic E-state index is 13.5. The normalized spacial score (nSPS) is 14.7. The van der Waals surface area contributed by atoms with Gasteiger partial charge in [0, 0.05) is 32.2 Å². The van der Waals surface area contributed by atoms with Gasteiger partial charge in [-0.15, -0.1) is 0 Å². The number of nitrogens with one attached hydrogen (secondary N) is 2. The molecule has 9 nitrogen and oxygen atoms in total. The van der Waals surface area contributed by atoms with Crippen LogP contribution in [-0.2, 0) is 14.8 Å². The monoisotopic (exact) mass is 425 g/mol. The van der Waals surface area contributed by atoms with Gasteiger partial charge >= 0.3 is 0 Å². The molecule has 1 aromatic heterocycles. The largest absolute Gasteiger partial charge is 0.495 e. The predicted molar refractivity (Wildman–Crippen MR) is 106 cm³/mol. The molecule has 0 radical (unpaired) electrons. The minimum atomic E-state index is -3.92. The molecule has 0 bridgehead atoms. The SMILES string of the molecule is COc1ccc(F)cc1S(=O)(=O)NCCNc1cc(N2CCOCC2)nc(C)n1. The molecule has 158 valence electrons. The van der Waals surface area contributed by atoms with Gasteiger partial charge < -0.3 is 19.7 Å². The third kappa shape index (κ3) is 5.52. The van der Waals surface area contributed by atoms with E-state index in [1.807, 2.05) is 6.07 Å². The van der Waals surface area contributed by atoms with Crippen LogP contribution in [0.2, 0.25) is 0 Å². The van der Waals surface area contributed by atoms with Crippen molar-refractivity contribution >= 4 is 21.7 Å². The Morgan fingerprint density at radius 1 is 1.21 bits per heavy atom. The number of ether oxygens (including phenoxy) is 2. The molecule has 29 heavy (non-hydrogen) atoms. The number of anilines is 2. The van der Waals surface area contributed by atoms with E-state index in [-0.39, 0.29) is 23.7 Å². The van der Waals surface area contributed by atoms with E-state index in [4.69, 9.17) is 9.47 Å². The lowest BCUT2D eigenvalue weighted by Crippen LogP contribution is -2.37. The molecule has 1 aromatic carbocycles. The molecule has 3 rings (SSSR count). The highest BCUT2D eigenvalue weighted by Crippen LogP contribution is 2.24. The molecule has 0 aliphatic carbocycles. The smallest absolute Gasteiger partial charge is 0.244 e. The second-order valence-electron chi connectivity index (χ2n) is 6.38. The van der Waals surface area contributed by atoms with Gasteiger partial charge in [0.25, 0.3) is 0 Å². The lowest BCUT2D eigenvalue weighted by molar-refractivity contribution is 0.122. The van der Waals surface area contributed by atoms with E-state index in [1.165, 1.54) is 13.2 Å². The average molecular weight is 425 g/mol. The Kier molecular flexibility index (Phi) is 6.83. The number of benzene rings is 1. The van der Waals surface area contributed by atoms with Crippen molar-refractivity contribution in [2.24, 2.45) is 0 Å². The maximum absolute atomic E-state index is 13.5. The second-order valence-corrected chi connectivity index (χ2v) is 8.11. The van der Waals surface area contributed by atoms with Crippen LogP contribution in [0.5, 0.6) is 5.75 Å². The number of sulfonamides is 1. The van der Waals surface area contributed by atoms with Gasteiger partial charge in [0.2, 0.25) is 10.0 Å². The molecule has 0 amide bonds. The summed E-state index contributed by atoms with van der Waals surface area (Å²) >= 11 is 0. The summed E-state index contributed by atoms with van der Waals surface area (Å²) in [6.07, 6.45) is 0. The van der Waals surface area contributed by atoms with Crippen LogP contribution < -0.4 is 19.7 Å². The maximum Gasteiger partial charge on any atom is 0.244 e. The first-order valence-corrected chi connectivity index (χ1v) is 10.6. The summed E-state index contributed by atoms with van der Waals surface area (Å²) in [6.45, 7) is 4.98. The van der Waals surface area contributed by atoms with E-state index in [2.05, 4.69) is 24.9 Å². The van der Waals surface area contributed by atoms with Gasteiger partial charge in [-0.3, -0.25) is 0 Å². The van der Waals surface area contributed by atoms with Crippen LogP contribution >= 0.6 is 0 Å². The molecule has 2 heterocycles. The van der Waals surface area contributed by atoms with Crippen LogP contribution in [0.4, 0.5) is 16.0 Å². The fraction of sp³-hybridized carbons (Fsp3) is 0.444. The predicted octanol–water partition coefficient (Wildman–Crippen LogP) is 1.16. The number of halogens is 1. The van der Waals surface area contributed by atoms with Gasteiger partial charge in [-0.2, -0.15) is 0 Å². The number of aryl methyl sites for hydroxylation is 1. The number of hydrogen-bond acceptors (Lipinski definition) is 8. The summed E-state index contributed by atoms with van der Waals surface area (Å²) < 4.78 is 51.2. The minimum Gasteiger partial charge on any atom is -0.495 e. The van der Waals surface area contributed by atoms with Crippen LogP contribution in [0, 0.1) is 12.7 Å². The van der Waals surface area contributed by atoms with Gasteiger partial charge in [0.05, 0.1) is 20.3 Å². The highest BCUT2D eigenvalue weighted by atomic mass is 32.2. The van der Waals surface area contributed by atoms with Crippen molar-refractivity contribution in [2.75, 3.05) is 56.7 Å². The third-order valence-electron chi connectivity index (χ3n) is 4.30. The van der Waals surface area contributed by atoms with Crippen molar-refractivity contribution < 1.29 is 22.3 Å². The van der Waals surface area contributed by atoms with Gasteiger partial charge in [-0.05, 0) is 25.1 Å². The summed E-state index contributed by atoms with van der Waals surface area (Å²) in [6, 6.07) is 5.17. The second kappa shape index (κ2) is 9.33. The van der Waals surface area contributed by atoms with E-state index in [0.29, 0.717) is 24.9 Å². The molecule has 2 N–H and O–H groups in total. The summed E-state index contributed by atoms with van der Waals surface area (Å²) in [7, 11) is -2.59. The first-order valence-electron chi connectivity index (χ1n) is 9.14. The summed E-state index contributed by atoms with van der Waals surface area (Å²) in [5, 5.41) is 3.09. The van der Waals surface area contributed by atoms with Crippen LogP contribution in [0.25, 0.3) is 0 Å². The van der Waals surface area contributed by atoms with Crippen molar-refractivity contribution in [1.82, 2.24) is 14.7 Å². The molecular weight excluding hydrogens is 401 g/mol. The molecule has 2 aromatic rings. The molecule has 1 aliphatic rings. The summed E-state index contributed by atoms with van der Waals surface area (Å²) in [5.74, 6) is 1.43. The number of nitrogens with zero attached hydrogens (tertiary/aromatic N) is 3. The lowest BCUT2D eigenvalue weighted by Gasteiger charge is -2.28. The van der Waals surface area contributed by atoms with Crippen molar-refractivity contribution in [3.63, 3.8) is 0 Å². The van der Waals surface area contributed by atoms with Crippen LogP contribution in [0.1, 0.15) is 5.82 Å². The van der Waals surface area contributed by atoms with Crippen LogP contribution in [0.3, 0.4) is 0 Å². The van der Waals surface area contributed by atoms with E-state index in [9.17, 15) is 12.8 Å². The number of morpholine rings is 1.